The molecule has 0 atom stereocenters. The van der Waals surface area contributed by atoms with E-state index in [2.05, 4.69) is 38.8 Å². The van der Waals surface area contributed by atoms with Crippen molar-refractivity contribution in [2.24, 2.45) is 4.99 Å². The summed E-state index contributed by atoms with van der Waals surface area (Å²) < 4.78 is 16.1. The lowest BCUT2D eigenvalue weighted by Crippen LogP contribution is -2.40. The Labute approximate surface area is 250 Å². The normalized spacial score (nSPS) is 12.0. The summed E-state index contributed by atoms with van der Waals surface area (Å²) in [5.74, 6) is -0.345. The van der Waals surface area contributed by atoms with Gasteiger partial charge >= 0.3 is 18.2 Å². The molecule has 1 aromatic heterocycles. The van der Waals surface area contributed by atoms with Crippen molar-refractivity contribution in [1.82, 2.24) is 10.3 Å². The minimum Gasteiger partial charge on any atom is -0.444 e. The van der Waals surface area contributed by atoms with Crippen molar-refractivity contribution in [2.45, 2.75) is 59.2 Å². The number of aromatic amines is 1. The molecule has 224 valence electrons. The van der Waals surface area contributed by atoms with Crippen molar-refractivity contribution in [3.05, 3.63) is 95.7 Å². The van der Waals surface area contributed by atoms with Gasteiger partial charge in [0.2, 0.25) is 5.96 Å². The number of carbonyl (C=O) groups is 3. The average Bonchev–Trinajstić information content (AvgIpc) is 3.28. The molecule has 0 radical (unpaired) electrons. The fourth-order valence-corrected chi connectivity index (χ4v) is 4.00. The zero-order valence-corrected chi connectivity index (χ0v) is 25.1. The molecule has 3 aromatic carbocycles. The number of H-pyrrole nitrogens is 1. The summed E-state index contributed by atoms with van der Waals surface area (Å²) in [5.41, 5.74) is 2.31. The smallest absolute Gasteiger partial charge is 0.437 e. The first-order valence-electron chi connectivity index (χ1n) is 13.8. The van der Waals surface area contributed by atoms with Gasteiger partial charge in [0, 0.05) is 29.4 Å². The summed E-state index contributed by atoms with van der Waals surface area (Å²) in [6, 6.07) is 23.9. The number of fused-ring (bicyclic) bond motifs is 1. The van der Waals surface area contributed by atoms with Crippen LogP contribution in [0.4, 0.5) is 15.3 Å². The number of hydrogen-bond donors (Lipinski definition) is 3. The molecule has 10 heteroatoms. The second-order valence-electron chi connectivity index (χ2n) is 11.9. The third-order valence-corrected chi connectivity index (χ3v) is 5.70. The summed E-state index contributed by atoms with van der Waals surface area (Å²) in [6.07, 6.45) is -0.950. The van der Waals surface area contributed by atoms with Gasteiger partial charge in [-0.25, -0.2) is 14.4 Å². The monoisotopic (exact) mass is 584 g/mol. The molecule has 4 aromatic rings. The molecule has 0 unspecified atom stereocenters. The fraction of sp³-hybridized carbons (Fsp3) is 0.273. The standard InChI is InChI=1S/C33H36N4O6/c1-32(2,3)42-30(39)36-29(37-31(40)43-33(4,5)6)35-24-15-12-22(13-16-24)28(38)41-26-17-14-23-19-25(34-27(23)20-26)18-21-10-8-7-9-11-21/h7-17,19-20,34H,18H2,1-6H3,(H2,35,36,37,39,40). The SMILES string of the molecule is CC(C)(C)OC(=O)/N=C(/NC(=O)OC(C)(C)C)Nc1ccc(C(=O)Oc2ccc3cc(Cc4ccccc4)[nH]c3c2)cc1. The van der Waals surface area contributed by atoms with E-state index in [4.69, 9.17) is 14.2 Å². The number of esters is 1. The number of carbonyl (C=O) groups excluding carboxylic acids is 3. The van der Waals surface area contributed by atoms with Crippen molar-refractivity contribution >= 4 is 40.7 Å². The summed E-state index contributed by atoms with van der Waals surface area (Å²) in [4.78, 5) is 44.7. The molecule has 0 aliphatic rings. The second-order valence-corrected chi connectivity index (χ2v) is 11.9. The summed E-state index contributed by atoms with van der Waals surface area (Å²) in [6.45, 7) is 10.2. The Bertz CT molecular complexity index is 1630. The molecular formula is C33H36N4O6. The molecule has 2 amide bonds. The van der Waals surface area contributed by atoms with Crippen LogP contribution in [0.15, 0.2) is 83.9 Å². The van der Waals surface area contributed by atoms with E-state index in [1.807, 2.05) is 24.3 Å². The van der Waals surface area contributed by atoms with Gasteiger partial charge in [0.05, 0.1) is 5.56 Å². The van der Waals surface area contributed by atoms with Crippen LogP contribution in [0.25, 0.3) is 10.9 Å². The van der Waals surface area contributed by atoms with Crippen molar-refractivity contribution in [3.63, 3.8) is 0 Å². The van der Waals surface area contributed by atoms with Gasteiger partial charge in [-0.1, -0.05) is 30.3 Å². The molecule has 4 rings (SSSR count). The number of guanidine groups is 1. The number of amides is 2. The van der Waals surface area contributed by atoms with Crippen molar-refractivity contribution in [3.8, 4) is 5.75 Å². The lowest BCUT2D eigenvalue weighted by molar-refractivity contribution is 0.0561. The number of nitrogens with zero attached hydrogens (tertiary/aromatic N) is 1. The molecular weight excluding hydrogens is 548 g/mol. The first kappa shape index (κ1) is 30.8. The maximum atomic E-state index is 12.9. The molecule has 0 aliphatic heterocycles. The number of benzene rings is 3. The number of ether oxygens (including phenoxy) is 3. The molecule has 0 fully saturated rings. The van der Waals surface area contributed by atoms with E-state index in [0.717, 1.165) is 23.0 Å². The van der Waals surface area contributed by atoms with E-state index in [-0.39, 0.29) is 5.96 Å². The van der Waals surface area contributed by atoms with Crippen molar-refractivity contribution < 1.29 is 28.6 Å². The quantitative estimate of drug-likeness (QED) is 0.0978. The molecule has 1 heterocycles. The first-order chi connectivity index (χ1) is 20.2. The fourth-order valence-electron chi connectivity index (χ4n) is 4.00. The van der Waals surface area contributed by atoms with Crippen LogP contribution in [0.3, 0.4) is 0 Å². The van der Waals surface area contributed by atoms with E-state index < -0.39 is 29.4 Å². The summed E-state index contributed by atoms with van der Waals surface area (Å²) >= 11 is 0. The van der Waals surface area contributed by atoms with E-state index in [1.54, 1.807) is 77.9 Å². The molecule has 10 nitrogen and oxygen atoms in total. The van der Waals surface area contributed by atoms with Crippen LogP contribution >= 0.6 is 0 Å². The lowest BCUT2D eigenvalue weighted by atomic mass is 10.1. The molecule has 0 saturated heterocycles. The Morgan fingerprint density at radius 2 is 1.49 bits per heavy atom. The number of alkyl carbamates (subject to hydrolysis) is 1. The highest BCUT2D eigenvalue weighted by Gasteiger charge is 2.21. The maximum absolute atomic E-state index is 12.9. The first-order valence-corrected chi connectivity index (χ1v) is 13.8. The number of rotatable bonds is 5. The Balaban J connectivity index is 1.43. The zero-order valence-electron chi connectivity index (χ0n) is 25.1. The number of hydrogen-bond acceptors (Lipinski definition) is 6. The van der Waals surface area contributed by atoms with Gasteiger partial charge in [0.1, 0.15) is 17.0 Å². The van der Waals surface area contributed by atoms with Crippen LogP contribution in [-0.2, 0) is 15.9 Å². The van der Waals surface area contributed by atoms with Gasteiger partial charge in [0.25, 0.3) is 0 Å². The molecule has 43 heavy (non-hydrogen) atoms. The number of aliphatic imine (C=N–C) groups is 1. The largest absolute Gasteiger partial charge is 0.444 e. The Hall–Kier alpha value is -5.12. The molecule has 0 aliphatic carbocycles. The predicted molar refractivity (Wildman–Crippen MR) is 166 cm³/mol. The molecule has 3 N–H and O–H groups in total. The number of anilines is 1. The van der Waals surface area contributed by atoms with Gasteiger partial charge in [-0.2, -0.15) is 0 Å². The highest BCUT2D eigenvalue weighted by Crippen LogP contribution is 2.24. The molecule has 0 spiro atoms. The second kappa shape index (κ2) is 12.8. The van der Waals surface area contributed by atoms with E-state index in [1.165, 1.54) is 5.56 Å². The van der Waals surface area contributed by atoms with Crippen LogP contribution in [-0.4, -0.2) is 40.3 Å². The summed E-state index contributed by atoms with van der Waals surface area (Å²) in [5, 5.41) is 6.29. The Kier molecular flexibility index (Phi) is 9.18. The minimum atomic E-state index is -0.905. The van der Waals surface area contributed by atoms with Crippen LogP contribution < -0.4 is 15.4 Å². The topological polar surface area (TPSA) is 131 Å². The van der Waals surface area contributed by atoms with Crippen molar-refractivity contribution in [2.75, 3.05) is 5.32 Å². The van der Waals surface area contributed by atoms with Gasteiger partial charge in [0.15, 0.2) is 0 Å². The van der Waals surface area contributed by atoms with E-state index in [9.17, 15) is 14.4 Å². The number of nitrogens with one attached hydrogen (secondary N) is 3. The zero-order chi connectivity index (χ0) is 31.2. The predicted octanol–water partition coefficient (Wildman–Crippen LogP) is 7.21. The highest BCUT2D eigenvalue weighted by molar-refractivity contribution is 6.06. The highest BCUT2D eigenvalue weighted by atomic mass is 16.6. The Morgan fingerprint density at radius 1 is 0.814 bits per heavy atom. The Morgan fingerprint density at radius 3 is 2.14 bits per heavy atom. The maximum Gasteiger partial charge on any atom is 0.437 e. The average molecular weight is 585 g/mol. The third-order valence-electron chi connectivity index (χ3n) is 5.70. The van der Waals surface area contributed by atoms with E-state index >= 15 is 0 Å². The molecule has 0 bridgehead atoms. The van der Waals surface area contributed by atoms with Crippen LogP contribution in [0.5, 0.6) is 5.75 Å². The summed E-state index contributed by atoms with van der Waals surface area (Å²) in [7, 11) is 0. The van der Waals surface area contributed by atoms with Gasteiger partial charge in [-0.15, -0.1) is 4.99 Å². The van der Waals surface area contributed by atoms with Crippen molar-refractivity contribution in [1.29, 1.82) is 0 Å². The van der Waals surface area contributed by atoms with Crippen LogP contribution in [0, 0.1) is 0 Å². The number of aromatic nitrogens is 1. The van der Waals surface area contributed by atoms with Gasteiger partial charge in [-0.3, -0.25) is 5.32 Å². The van der Waals surface area contributed by atoms with Crippen LogP contribution in [0.1, 0.15) is 63.2 Å². The van der Waals surface area contributed by atoms with E-state index in [0.29, 0.717) is 17.0 Å². The lowest BCUT2D eigenvalue weighted by Gasteiger charge is -2.21. The van der Waals surface area contributed by atoms with Gasteiger partial charge in [-0.05, 0) is 95.0 Å². The minimum absolute atomic E-state index is 0.204. The molecule has 0 saturated carbocycles. The van der Waals surface area contributed by atoms with Gasteiger partial charge < -0.3 is 24.5 Å². The van der Waals surface area contributed by atoms with Crippen LogP contribution in [0.2, 0.25) is 0 Å². The third kappa shape index (κ3) is 9.74.